The number of isocyanates is 1. The third kappa shape index (κ3) is 14.4. The molecule has 2 fully saturated rings. The van der Waals surface area contributed by atoms with Crippen molar-refractivity contribution in [2.24, 2.45) is 16.8 Å². The number of carbonyl (C=O) groups excluding carboxylic acids is 6. The van der Waals surface area contributed by atoms with Gasteiger partial charge >= 0.3 is 11.9 Å². The second kappa shape index (κ2) is 22.0. The van der Waals surface area contributed by atoms with Crippen molar-refractivity contribution in [3.63, 3.8) is 0 Å². The molecule has 0 aliphatic carbocycles. The van der Waals surface area contributed by atoms with E-state index in [1.54, 1.807) is 6.26 Å². The van der Waals surface area contributed by atoms with Crippen molar-refractivity contribution < 1.29 is 61.9 Å². The molecule has 3 rings (SSSR count). The van der Waals surface area contributed by atoms with Crippen LogP contribution in [0.5, 0.6) is 0 Å². The van der Waals surface area contributed by atoms with Gasteiger partial charge in [-0.1, -0.05) is 27.7 Å². The second-order valence-electron chi connectivity index (χ2n) is 13.4. The Labute approximate surface area is 303 Å². The molecule has 3 amide bonds. The number of imide groups is 1. The molecule has 52 heavy (non-hydrogen) atoms. The second-order valence-corrected chi connectivity index (χ2v) is 13.4. The lowest BCUT2D eigenvalue weighted by Crippen LogP contribution is -2.44. The summed E-state index contributed by atoms with van der Waals surface area (Å²) in [5, 5.41) is 11.5. The van der Waals surface area contributed by atoms with E-state index in [4.69, 9.17) is 38.4 Å². The number of ether oxygens (including phenoxy) is 7. The molecule has 0 spiro atoms. The molecule has 1 N–H and O–H groups in total. The van der Waals surface area contributed by atoms with Crippen LogP contribution in [-0.4, -0.2) is 104 Å². The number of amides is 3. The Hall–Kier alpha value is -4.20. The highest BCUT2D eigenvalue weighted by atomic mass is 16.8. The Morgan fingerprint density at radius 1 is 0.923 bits per heavy atom. The van der Waals surface area contributed by atoms with Gasteiger partial charge in [0.05, 0.1) is 12.2 Å². The SMILES string of the molecule is CC(C)C(N=C=O)OC1CCCC(COC(=O)C(CCC(=O)OCC2CCCC(OC(OC#N)C(C)C)O2)NC(=O)CCCN2C(=O)C=CC2=O)O1. The van der Waals surface area contributed by atoms with Crippen LogP contribution < -0.4 is 5.32 Å². The molecule has 0 aromatic carbocycles. The molecule has 0 bridgehead atoms. The van der Waals surface area contributed by atoms with Crippen LogP contribution in [0.25, 0.3) is 0 Å². The summed E-state index contributed by atoms with van der Waals surface area (Å²) in [6.07, 6.45) is 5.12. The van der Waals surface area contributed by atoms with Crippen LogP contribution in [0.15, 0.2) is 17.1 Å². The van der Waals surface area contributed by atoms with Crippen molar-refractivity contribution >= 4 is 35.7 Å². The first-order valence-electron chi connectivity index (χ1n) is 17.8. The first-order chi connectivity index (χ1) is 24.9. The van der Waals surface area contributed by atoms with Crippen molar-refractivity contribution in [2.45, 2.75) is 135 Å². The van der Waals surface area contributed by atoms with Crippen LogP contribution in [0.3, 0.4) is 0 Å². The molecule has 17 heteroatoms. The highest BCUT2D eigenvalue weighted by Gasteiger charge is 2.31. The largest absolute Gasteiger partial charge is 0.463 e. The molecular formula is C35H50N4O13. The molecule has 2 saturated heterocycles. The molecule has 0 aromatic rings. The van der Waals surface area contributed by atoms with Crippen LogP contribution in [0, 0.1) is 23.4 Å². The molecule has 3 aliphatic heterocycles. The standard InChI is InChI=1S/C35H50N4O13/c1-22(2)33(37-21-40)51-31-11-5-9-25(49-31)19-47-34(45)26(38-27(41)10-7-17-39-28(42)14-15-29(39)43)13-16-30(44)46-18-24-8-6-12-32(50-24)52-35(23(3)4)48-20-36/h14-15,22-26,31-33,35H,5-13,16-19H2,1-4H3,(H,38,41). The monoisotopic (exact) mass is 734 g/mol. The number of esters is 2. The van der Waals surface area contributed by atoms with E-state index in [1.807, 2.05) is 27.7 Å². The van der Waals surface area contributed by atoms with E-state index < -0.39 is 73.0 Å². The predicted molar refractivity (Wildman–Crippen MR) is 177 cm³/mol. The van der Waals surface area contributed by atoms with E-state index in [1.165, 1.54) is 6.08 Å². The van der Waals surface area contributed by atoms with Crippen LogP contribution in [0.1, 0.15) is 91.9 Å². The lowest BCUT2D eigenvalue weighted by Gasteiger charge is -2.32. The summed E-state index contributed by atoms with van der Waals surface area (Å²) >= 11 is 0. The molecule has 0 radical (unpaired) electrons. The van der Waals surface area contributed by atoms with Gasteiger partial charge < -0.3 is 38.5 Å². The molecule has 0 aromatic heterocycles. The average molecular weight is 735 g/mol. The minimum absolute atomic E-state index is 0.0240. The first kappa shape index (κ1) is 42.2. The smallest absolute Gasteiger partial charge is 0.328 e. The Bertz CT molecular complexity index is 1320. The summed E-state index contributed by atoms with van der Waals surface area (Å²) in [4.78, 5) is 78.0. The van der Waals surface area contributed by atoms with E-state index in [-0.39, 0.29) is 57.3 Å². The number of rotatable bonds is 21. The highest BCUT2D eigenvalue weighted by Crippen LogP contribution is 2.25. The Morgan fingerprint density at radius 2 is 1.54 bits per heavy atom. The van der Waals surface area contributed by atoms with Crippen molar-refractivity contribution in [2.75, 3.05) is 19.8 Å². The zero-order chi connectivity index (χ0) is 38.0. The third-order valence-corrected chi connectivity index (χ3v) is 8.45. The summed E-state index contributed by atoms with van der Waals surface area (Å²) in [6.45, 7) is 7.18. The Morgan fingerprint density at radius 3 is 2.12 bits per heavy atom. The van der Waals surface area contributed by atoms with Gasteiger partial charge in [0.1, 0.15) is 19.3 Å². The number of aliphatic imine (C=N–C) groups is 1. The molecule has 17 nitrogen and oxygen atoms in total. The van der Waals surface area contributed by atoms with Gasteiger partial charge in [0, 0.05) is 43.4 Å². The Balaban J connectivity index is 1.52. The van der Waals surface area contributed by atoms with Crippen LogP contribution in [-0.2, 0) is 61.9 Å². The fourth-order valence-corrected chi connectivity index (χ4v) is 5.60. The number of hydrogen-bond donors (Lipinski definition) is 1. The molecule has 3 aliphatic rings. The Kier molecular flexibility index (Phi) is 17.9. The van der Waals surface area contributed by atoms with E-state index in [0.717, 1.165) is 23.5 Å². The zero-order valence-electron chi connectivity index (χ0n) is 30.2. The molecule has 7 atom stereocenters. The number of nitrogens with one attached hydrogen (secondary N) is 1. The fourth-order valence-electron chi connectivity index (χ4n) is 5.60. The van der Waals surface area contributed by atoms with Crippen molar-refractivity contribution in [1.29, 1.82) is 5.26 Å². The lowest BCUT2D eigenvalue weighted by molar-refractivity contribution is -0.271. The van der Waals surface area contributed by atoms with E-state index in [0.29, 0.717) is 32.1 Å². The van der Waals surface area contributed by atoms with E-state index >= 15 is 0 Å². The van der Waals surface area contributed by atoms with Crippen LogP contribution in [0.2, 0.25) is 0 Å². The number of nitrogens with zero attached hydrogens (tertiary/aromatic N) is 3. The average Bonchev–Trinajstić information content (AvgIpc) is 3.43. The van der Waals surface area contributed by atoms with Gasteiger partial charge in [-0.2, -0.15) is 10.3 Å². The summed E-state index contributed by atoms with van der Waals surface area (Å²) in [6, 6.07) is -1.21. The van der Waals surface area contributed by atoms with Gasteiger partial charge in [-0.3, -0.25) is 24.1 Å². The van der Waals surface area contributed by atoms with Gasteiger partial charge in [-0.15, -0.1) is 0 Å². The molecule has 7 unspecified atom stereocenters. The summed E-state index contributed by atoms with van der Waals surface area (Å²) in [5.74, 6) is -3.07. The summed E-state index contributed by atoms with van der Waals surface area (Å²) in [7, 11) is 0. The van der Waals surface area contributed by atoms with Crippen LogP contribution >= 0.6 is 0 Å². The van der Waals surface area contributed by atoms with Crippen molar-refractivity contribution in [3.8, 4) is 6.26 Å². The molecular weight excluding hydrogens is 684 g/mol. The molecule has 288 valence electrons. The minimum Gasteiger partial charge on any atom is -0.463 e. The number of carbonyl (C=O) groups is 5. The van der Waals surface area contributed by atoms with Gasteiger partial charge in [0.2, 0.25) is 18.3 Å². The number of hydrogen-bond acceptors (Lipinski definition) is 15. The van der Waals surface area contributed by atoms with Crippen molar-refractivity contribution in [1.82, 2.24) is 10.2 Å². The van der Waals surface area contributed by atoms with Crippen LogP contribution in [0.4, 0.5) is 0 Å². The maximum absolute atomic E-state index is 13.3. The van der Waals surface area contributed by atoms with Gasteiger partial charge in [0.15, 0.2) is 18.8 Å². The maximum atomic E-state index is 13.3. The van der Waals surface area contributed by atoms with Gasteiger partial charge in [0.25, 0.3) is 18.1 Å². The van der Waals surface area contributed by atoms with E-state index in [2.05, 4.69) is 10.3 Å². The number of nitriles is 1. The molecule has 0 saturated carbocycles. The minimum atomic E-state index is -1.21. The van der Waals surface area contributed by atoms with Gasteiger partial charge in [-0.25, -0.2) is 9.59 Å². The quantitative estimate of drug-likeness (QED) is 0.0448. The summed E-state index contributed by atoms with van der Waals surface area (Å²) in [5.41, 5.74) is 0. The predicted octanol–water partition coefficient (Wildman–Crippen LogP) is 2.66. The normalized spacial score (nSPS) is 23.4. The topological polar surface area (TPSA) is 218 Å². The lowest BCUT2D eigenvalue weighted by atomic mass is 10.1. The van der Waals surface area contributed by atoms with E-state index in [9.17, 15) is 28.8 Å². The van der Waals surface area contributed by atoms with Gasteiger partial charge in [-0.05, 0) is 51.4 Å². The fraction of sp³-hybridized carbons (Fsp3) is 0.743. The summed E-state index contributed by atoms with van der Waals surface area (Å²) < 4.78 is 39.3. The highest BCUT2D eigenvalue weighted by molar-refractivity contribution is 6.12. The molecule has 3 heterocycles. The zero-order valence-corrected chi connectivity index (χ0v) is 30.2. The van der Waals surface area contributed by atoms with Crippen molar-refractivity contribution in [3.05, 3.63) is 12.2 Å². The maximum Gasteiger partial charge on any atom is 0.328 e. The third-order valence-electron chi connectivity index (χ3n) is 8.45. The first-order valence-corrected chi connectivity index (χ1v) is 17.8.